The molecule has 1 fully saturated rings. The van der Waals surface area contributed by atoms with Crippen LogP contribution in [0, 0.1) is 5.82 Å². The molecule has 0 radical (unpaired) electrons. The third kappa shape index (κ3) is 6.65. The fourth-order valence-corrected chi connectivity index (χ4v) is 3.95. The smallest absolute Gasteiger partial charge is 0.255 e. The number of halogens is 1. The summed E-state index contributed by atoms with van der Waals surface area (Å²) >= 11 is 0. The maximum Gasteiger partial charge on any atom is 0.255 e. The molecule has 2 amide bonds. The summed E-state index contributed by atoms with van der Waals surface area (Å²) in [6.07, 6.45) is 1.53. The van der Waals surface area contributed by atoms with Gasteiger partial charge in [0.1, 0.15) is 18.2 Å². The van der Waals surface area contributed by atoms with Crippen molar-refractivity contribution in [3.8, 4) is 5.75 Å². The standard InChI is InChI=1S/C27H28FN3O3/c28-21-12-10-20(11-13-21)19-34-25-9-5-4-8-24(25)27(33)30-23-14-16-31(17-15-23)18-26(32)29-22-6-2-1-3-7-22/h1-13,23H,14-19H2,(H,29,32)(H,30,33). The Labute approximate surface area is 198 Å². The van der Waals surface area contributed by atoms with Crippen molar-refractivity contribution in [1.29, 1.82) is 0 Å². The molecule has 1 heterocycles. The van der Waals surface area contributed by atoms with Gasteiger partial charge in [0.25, 0.3) is 5.91 Å². The number of rotatable bonds is 8. The zero-order valence-electron chi connectivity index (χ0n) is 18.9. The highest BCUT2D eigenvalue weighted by molar-refractivity contribution is 5.97. The third-order valence-electron chi connectivity index (χ3n) is 5.79. The first-order valence-electron chi connectivity index (χ1n) is 11.4. The molecule has 4 rings (SSSR count). The number of carbonyl (C=O) groups excluding carboxylic acids is 2. The summed E-state index contributed by atoms with van der Waals surface area (Å²) < 4.78 is 18.9. The molecule has 34 heavy (non-hydrogen) atoms. The average Bonchev–Trinajstić information content (AvgIpc) is 2.85. The van der Waals surface area contributed by atoms with E-state index in [4.69, 9.17) is 4.74 Å². The summed E-state index contributed by atoms with van der Waals surface area (Å²) in [5, 5.41) is 6.00. The highest BCUT2D eigenvalue weighted by Gasteiger charge is 2.23. The lowest BCUT2D eigenvalue weighted by Crippen LogP contribution is -2.46. The molecule has 1 aliphatic rings. The van der Waals surface area contributed by atoms with E-state index in [1.54, 1.807) is 30.3 Å². The molecule has 0 aromatic heterocycles. The van der Waals surface area contributed by atoms with Crippen molar-refractivity contribution in [3.05, 3.63) is 95.8 Å². The molecule has 6 nitrogen and oxygen atoms in total. The molecule has 2 N–H and O–H groups in total. The van der Waals surface area contributed by atoms with Crippen molar-refractivity contribution < 1.29 is 18.7 Å². The van der Waals surface area contributed by atoms with Gasteiger partial charge in [0.2, 0.25) is 5.91 Å². The minimum Gasteiger partial charge on any atom is -0.488 e. The zero-order valence-corrected chi connectivity index (χ0v) is 18.9. The van der Waals surface area contributed by atoms with E-state index in [0.29, 0.717) is 17.9 Å². The van der Waals surface area contributed by atoms with E-state index in [1.807, 2.05) is 36.4 Å². The lowest BCUT2D eigenvalue weighted by atomic mass is 10.0. The Hall–Kier alpha value is -3.71. The molecule has 3 aromatic carbocycles. The van der Waals surface area contributed by atoms with Crippen LogP contribution in [-0.2, 0) is 11.4 Å². The number of nitrogens with zero attached hydrogens (tertiary/aromatic N) is 1. The predicted molar refractivity (Wildman–Crippen MR) is 129 cm³/mol. The van der Waals surface area contributed by atoms with Gasteiger partial charge >= 0.3 is 0 Å². The van der Waals surface area contributed by atoms with Gasteiger partial charge in [0.15, 0.2) is 0 Å². The zero-order chi connectivity index (χ0) is 23.8. The summed E-state index contributed by atoms with van der Waals surface area (Å²) in [5.41, 5.74) is 2.07. The van der Waals surface area contributed by atoms with E-state index in [1.165, 1.54) is 12.1 Å². The van der Waals surface area contributed by atoms with Crippen LogP contribution in [0.4, 0.5) is 10.1 Å². The second kappa shape index (κ2) is 11.4. The Kier molecular flexibility index (Phi) is 7.88. The number of amides is 2. The Bertz CT molecular complexity index is 1100. The van der Waals surface area contributed by atoms with Gasteiger partial charge in [-0.15, -0.1) is 0 Å². The molecule has 0 saturated carbocycles. The summed E-state index contributed by atoms with van der Waals surface area (Å²) in [7, 11) is 0. The SMILES string of the molecule is O=C(CN1CCC(NC(=O)c2ccccc2OCc2ccc(F)cc2)CC1)Nc1ccccc1. The number of hydrogen-bond donors (Lipinski definition) is 2. The predicted octanol–water partition coefficient (Wildman–Crippen LogP) is 4.24. The first-order valence-corrected chi connectivity index (χ1v) is 11.4. The van der Waals surface area contributed by atoms with E-state index in [-0.39, 0.29) is 30.3 Å². The van der Waals surface area contributed by atoms with Gasteiger partial charge in [-0.25, -0.2) is 4.39 Å². The second-order valence-electron chi connectivity index (χ2n) is 8.35. The maximum atomic E-state index is 13.1. The second-order valence-corrected chi connectivity index (χ2v) is 8.35. The molecule has 0 spiro atoms. The summed E-state index contributed by atoms with van der Waals surface area (Å²) in [5.74, 6) is -0.0402. The number of carbonyl (C=O) groups is 2. The van der Waals surface area contributed by atoms with Crippen LogP contribution in [0.5, 0.6) is 5.75 Å². The van der Waals surface area contributed by atoms with Gasteiger partial charge < -0.3 is 15.4 Å². The number of anilines is 1. The van der Waals surface area contributed by atoms with Crippen LogP contribution in [-0.4, -0.2) is 42.4 Å². The largest absolute Gasteiger partial charge is 0.488 e. The Morgan fingerprint density at radius 2 is 1.59 bits per heavy atom. The first kappa shape index (κ1) is 23.4. The molecule has 7 heteroatoms. The van der Waals surface area contributed by atoms with E-state index in [9.17, 15) is 14.0 Å². The maximum absolute atomic E-state index is 13.1. The molecule has 1 saturated heterocycles. The highest BCUT2D eigenvalue weighted by atomic mass is 19.1. The van der Waals surface area contributed by atoms with Crippen LogP contribution in [0.1, 0.15) is 28.8 Å². The van der Waals surface area contributed by atoms with Gasteiger partial charge in [0.05, 0.1) is 12.1 Å². The van der Waals surface area contributed by atoms with Crippen molar-refractivity contribution >= 4 is 17.5 Å². The quantitative estimate of drug-likeness (QED) is 0.527. The Morgan fingerprint density at radius 1 is 0.912 bits per heavy atom. The Morgan fingerprint density at radius 3 is 2.32 bits per heavy atom. The molecular formula is C27H28FN3O3. The van der Waals surface area contributed by atoms with E-state index < -0.39 is 0 Å². The van der Waals surface area contributed by atoms with Gasteiger partial charge in [-0.1, -0.05) is 42.5 Å². The van der Waals surface area contributed by atoms with Crippen LogP contribution < -0.4 is 15.4 Å². The average molecular weight is 462 g/mol. The van der Waals surface area contributed by atoms with Crippen molar-refractivity contribution in [2.75, 3.05) is 25.0 Å². The van der Waals surface area contributed by atoms with Gasteiger partial charge in [0, 0.05) is 24.8 Å². The van der Waals surface area contributed by atoms with Crippen LogP contribution >= 0.6 is 0 Å². The first-order chi connectivity index (χ1) is 16.6. The number of para-hydroxylation sites is 2. The fraction of sp³-hybridized carbons (Fsp3) is 0.259. The van der Waals surface area contributed by atoms with E-state index >= 15 is 0 Å². The topological polar surface area (TPSA) is 70.7 Å². The number of hydrogen-bond acceptors (Lipinski definition) is 4. The van der Waals surface area contributed by atoms with Crippen LogP contribution in [0.15, 0.2) is 78.9 Å². The molecule has 3 aromatic rings. The lowest BCUT2D eigenvalue weighted by molar-refractivity contribution is -0.117. The highest BCUT2D eigenvalue weighted by Crippen LogP contribution is 2.21. The summed E-state index contributed by atoms with van der Waals surface area (Å²) in [6, 6.07) is 22.6. The number of likely N-dealkylation sites (tertiary alicyclic amines) is 1. The molecule has 0 aliphatic carbocycles. The molecule has 1 aliphatic heterocycles. The van der Waals surface area contributed by atoms with E-state index in [0.717, 1.165) is 37.2 Å². The molecule has 0 bridgehead atoms. The molecule has 176 valence electrons. The van der Waals surface area contributed by atoms with Crippen molar-refractivity contribution in [2.45, 2.75) is 25.5 Å². The number of nitrogens with one attached hydrogen (secondary N) is 2. The summed E-state index contributed by atoms with van der Waals surface area (Å²) in [4.78, 5) is 27.3. The van der Waals surface area contributed by atoms with Crippen LogP contribution in [0.25, 0.3) is 0 Å². The minimum absolute atomic E-state index is 0.0334. The number of benzene rings is 3. The molecule has 0 atom stereocenters. The minimum atomic E-state index is -0.300. The third-order valence-corrected chi connectivity index (χ3v) is 5.79. The molecule has 0 unspecified atom stereocenters. The van der Waals surface area contributed by atoms with Crippen LogP contribution in [0.3, 0.4) is 0 Å². The number of piperidine rings is 1. The van der Waals surface area contributed by atoms with Crippen LogP contribution in [0.2, 0.25) is 0 Å². The normalized spacial score (nSPS) is 14.4. The van der Waals surface area contributed by atoms with Gasteiger partial charge in [-0.3, -0.25) is 14.5 Å². The van der Waals surface area contributed by atoms with Crippen molar-refractivity contribution in [1.82, 2.24) is 10.2 Å². The lowest BCUT2D eigenvalue weighted by Gasteiger charge is -2.32. The fourth-order valence-electron chi connectivity index (χ4n) is 3.95. The van der Waals surface area contributed by atoms with E-state index in [2.05, 4.69) is 15.5 Å². The monoisotopic (exact) mass is 461 g/mol. The molecular weight excluding hydrogens is 433 g/mol. The summed E-state index contributed by atoms with van der Waals surface area (Å²) in [6.45, 7) is 2.04. The van der Waals surface area contributed by atoms with Gasteiger partial charge in [-0.05, 0) is 54.8 Å². The van der Waals surface area contributed by atoms with Gasteiger partial charge in [-0.2, -0.15) is 0 Å². The van der Waals surface area contributed by atoms with Crippen molar-refractivity contribution in [2.24, 2.45) is 0 Å². The number of ether oxygens (including phenoxy) is 1. The Balaban J connectivity index is 1.25. The van der Waals surface area contributed by atoms with Crippen molar-refractivity contribution in [3.63, 3.8) is 0 Å².